The largest absolute Gasteiger partial charge is 0.340 e. The zero-order valence-electron chi connectivity index (χ0n) is 8.57. The maximum absolute atomic E-state index is 11.7. The number of aromatic nitrogens is 1. The highest BCUT2D eigenvalue weighted by Crippen LogP contribution is 2.32. The normalized spacial score (nSPS) is 15.4. The summed E-state index contributed by atoms with van der Waals surface area (Å²) in [5, 5.41) is 2.68. The molecule has 3 heteroatoms. The molecule has 1 saturated carbocycles. The highest BCUT2D eigenvalue weighted by Gasteiger charge is 2.22. The van der Waals surface area contributed by atoms with Crippen molar-refractivity contribution in [1.29, 1.82) is 0 Å². The Labute approximate surface area is 89.5 Å². The van der Waals surface area contributed by atoms with Gasteiger partial charge in [-0.1, -0.05) is 5.92 Å². The van der Waals surface area contributed by atoms with Crippen LogP contribution in [0.2, 0.25) is 0 Å². The van der Waals surface area contributed by atoms with Crippen LogP contribution in [0.4, 0.5) is 0 Å². The van der Waals surface area contributed by atoms with E-state index in [-0.39, 0.29) is 12.5 Å². The van der Waals surface area contributed by atoms with E-state index < -0.39 is 0 Å². The number of amides is 1. The Hall–Kier alpha value is -1.69. The summed E-state index contributed by atoms with van der Waals surface area (Å²) in [7, 11) is 0. The van der Waals surface area contributed by atoms with Gasteiger partial charge in [0.25, 0.3) is 5.91 Å². The van der Waals surface area contributed by atoms with Crippen LogP contribution in [0.5, 0.6) is 0 Å². The Bertz CT molecular complexity index is 396. The number of hydrogen-bond acceptors (Lipinski definition) is 1. The number of terminal acetylenes is 1. The monoisotopic (exact) mass is 202 g/mol. The van der Waals surface area contributed by atoms with Gasteiger partial charge in [-0.15, -0.1) is 6.42 Å². The molecule has 2 rings (SSSR count). The van der Waals surface area contributed by atoms with E-state index in [9.17, 15) is 4.79 Å². The molecule has 0 aromatic carbocycles. The number of rotatable bonds is 3. The first-order valence-electron chi connectivity index (χ1n) is 5.21. The molecular formula is C12H14N2O. The molecule has 1 aromatic heterocycles. The molecule has 0 saturated heterocycles. The van der Waals surface area contributed by atoms with Gasteiger partial charge in [0.15, 0.2) is 0 Å². The maximum atomic E-state index is 11.7. The second-order valence-corrected chi connectivity index (χ2v) is 3.77. The smallest absolute Gasteiger partial charge is 0.268 e. The van der Waals surface area contributed by atoms with Gasteiger partial charge in [0, 0.05) is 12.2 Å². The summed E-state index contributed by atoms with van der Waals surface area (Å²) in [6.07, 6.45) is 10.7. The highest BCUT2D eigenvalue weighted by atomic mass is 16.1. The molecule has 1 fully saturated rings. The van der Waals surface area contributed by atoms with Gasteiger partial charge in [-0.3, -0.25) is 4.79 Å². The molecule has 0 bridgehead atoms. The van der Waals surface area contributed by atoms with Crippen molar-refractivity contribution in [2.75, 3.05) is 6.54 Å². The van der Waals surface area contributed by atoms with E-state index in [1.165, 1.54) is 19.3 Å². The fraction of sp³-hybridized carbons (Fsp3) is 0.417. The lowest BCUT2D eigenvalue weighted by Gasteiger charge is -2.28. The molecule has 78 valence electrons. The van der Waals surface area contributed by atoms with Crippen LogP contribution >= 0.6 is 0 Å². The van der Waals surface area contributed by atoms with Gasteiger partial charge in [0.05, 0.1) is 6.54 Å². The van der Waals surface area contributed by atoms with Crippen molar-refractivity contribution in [2.45, 2.75) is 25.3 Å². The average Bonchev–Trinajstić information content (AvgIpc) is 2.60. The summed E-state index contributed by atoms with van der Waals surface area (Å²) in [5.41, 5.74) is 0.718. The molecular weight excluding hydrogens is 188 g/mol. The zero-order valence-corrected chi connectivity index (χ0v) is 8.57. The van der Waals surface area contributed by atoms with Crippen LogP contribution in [0.15, 0.2) is 18.3 Å². The predicted molar refractivity (Wildman–Crippen MR) is 58.5 cm³/mol. The third kappa shape index (κ3) is 1.89. The molecule has 1 aliphatic carbocycles. The molecule has 1 N–H and O–H groups in total. The third-order valence-electron chi connectivity index (χ3n) is 2.83. The lowest BCUT2D eigenvalue weighted by atomic mass is 9.93. The fourth-order valence-corrected chi connectivity index (χ4v) is 1.79. The van der Waals surface area contributed by atoms with Crippen molar-refractivity contribution in [3.8, 4) is 12.3 Å². The van der Waals surface area contributed by atoms with E-state index in [0.29, 0.717) is 6.04 Å². The number of carbonyl (C=O) groups is 1. The van der Waals surface area contributed by atoms with Gasteiger partial charge in [-0.05, 0) is 31.4 Å². The molecule has 0 radical (unpaired) electrons. The molecule has 3 nitrogen and oxygen atoms in total. The number of nitrogens with one attached hydrogen (secondary N) is 1. The minimum Gasteiger partial charge on any atom is -0.340 e. The molecule has 1 amide bonds. The van der Waals surface area contributed by atoms with Crippen LogP contribution in [0.1, 0.15) is 35.8 Å². The summed E-state index contributed by atoms with van der Waals surface area (Å²) in [6.45, 7) is 0.286. The number of nitrogens with zero attached hydrogens (tertiary/aromatic N) is 1. The maximum Gasteiger partial charge on any atom is 0.268 e. The zero-order chi connectivity index (χ0) is 10.7. The molecule has 0 atom stereocenters. The lowest BCUT2D eigenvalue weighted by Crippen LogP contribution is -2.28. The van der Waals surface area contributed by atoms with E-state index in [4.69, 9.17) is 6.42 Å². The van der Waals surface area contributed by atoms with Gasteiger partial charge in [-0.25, -0.2) is 0 Å². The number of carbonyl (C=O) groups excluding carboxylic acids is 1. The van der Waals surface area contributed by atoms with Gasteiger partial charge in [-0.2, -0.15) is 0 Å². The molecule has 1 aliphatic rings. The topological polar surface area (TPSA) is 34.0 Å². The first-order valence-corrected chi connectivity index (χ1v) is 5.21. The lowest BCUT2D eigenvalue weighted by molar-refractivity contribution is 0.0943. The van der Waals surface area contributed by atoms with Crippen LogP contribution in [0, 0.1) is 12.3 Å². The van der Waals surface area contributed by atoms with Crippen LogP contribution in [-0.4, -0.2) is 17.0 Å². The van der Waals surface area contributed by atoms with Gasteiger partial charge in [0.2, 0.25) is 0 Å². The highest BCUT2D eigenvalue weighted by molar-refractivity contribution is 5.92. The Morgan fingerprint density at radius 1 is 1.67 bits per heavy atom. The number of hydrogen-bond donors (Lipinski definition) is 1. The molecule has 15 heavy (non-hydrogen) atoms. The summed E-state index contributed by atoms with van der Waals surface area (Å²) in [4.78, 5) is 11.7. The van der Waals surface area contributed by atoms with Crippen molar-refractivity contribution < 1.29 is 4.79 Å². The van der Waals surface area contributed by atoms with Gasteiger partial charge in [0.1, 0.15) is 5.69 Å². The van der Waals surface area contributed by atoms with Crippen LogP contribution < -0.4 is 5.32 Å². The van der Waals surface area contributed by atoms with Crippen molar-refractivity contribution in [3.63, 3.8) is 0 Å². The Kier molecular flexibility index (Phi) is 2.77. The summed E-state index contributed by atoms with van der Waals surface area (Å²) in [5.74, 6) is 2.32. The second kappa shape index (κ2) is 4.22. The van der Waals surface area contributed by atoms with E-state index in [0.717, 1.165) is 5.69 Å². The molecule has 1 heterocycles. The standard InChI is InChI=1S/C12H14N2O/c1-2-8-13-12(15)11-7-4-9-14(11)10-5-3-6-10/h1,4,7,9-10H,3,5-6,8H2,(H,13,15). The molecule has 0 spiro atoms. The van der Waals surface area contributed by atoms with Crippen molar-refractivity contribution in [2.24, 2.45) is 0 Å². The Morgan fingerprint density at radius 2 is 2.47 bits per heavy atom. The van der Waals surface area contributed by atoms with E-state index >= 15 is 0 Å². The fourth-order valence-electron chi connectivity index (χ4n) is 1.79. The Balaban J connectivity index is 2.10. The van der Waals surface area contributed by atoms with E-state index in [1.54, 1.807) is 0 Å². The predicted octanol–water partition coefficient (Wildman–Crippen LogP) is 1.58. The van der Waals surface area contributed by atoms with E-state index in [2.05, 4.69) is 15.8 Å². The minimum absolute atomic E-state index is 0.0788. The first-order chi connectivity index (χ1) is 7.33. The average molecular weight is 202 g/mol. The minimum atomic E-state index is -0.0788. The molecule has 0 unspecified atom stereocenters. The first kappa shape index (κ1) is 9.85. The van der Waals surface area contributed by atoms with Crippen molar-refractivity contribution in [1.82, 2.24) is 9.88 Å². The summed E-state index contributed by atoms with van der Waals surface area (Å²) < 4.78 is 2.05. The molecule has 0 aliphatic heterocycles. The van der Waals surface area contributed by atoms with Gasteiger partial charge >= 0.3 is 0 Å². The van der Waals surface area contributed by atoms with Crippen molar-refractivity contribution in [3.05, 3.63) is 24.0 Å². The van der Waals surface area contributed by atoms with E-state index in [1.807, 2.05) is 18.3 Å². The second-order valence-electron chi connectivity index (χ2n) is 3.77. The van der Waals surface area contributed by atoms with Crippen LogP contribution in [0.3, 0.4) is 0 Å². The van der Waals surface area contributed by atoms with Crippen LogP contribution in [0.25, 0.3) is 0 Å². The van der Waals surface area contributed by atoms with Crippen LogP contribution in [-0.2, 0) is 0 Å². The SMILES string of the molecule is C#CCNC(=O)c1cccn1C1CCC1. The molecule has 1 aromatic rings. The Morgan fingerprint density at radius 3 is 3.07 bits per heavy atom. The quantitative estimate of drug-likeness (QED) is 0.742. The summed E-state index contributed by atoms with van der Waals surface area (Å²) >= 11 is 0. The van der Waals surface area contributed by atoms with Crippen molar-refractivity contribution >= 4 is 5.91 Å². The summed E-state index contributed by atoms with van der Waals surface area (Å²) in [6, 6.07) is 4.25. The third-order valence-corrected chi connectivity index (χ3v) is 2.83. The van der Waals surface area contributed by atoms with Gasteiger partial charge < -0.3 is 9.88 Å².